The van der Waals surface area contributed by atoms with Crippen molar-refractivity contribution in [3.05, 3.63) is 11.8 Å². The summed E-state index contributed by atoms with van der Waals surface area (Å²) in [6.07, 6.45) is -2.29. The molecule has 0 radical (unpaired) electrons. The van der Waals surface area contributed by atoms with Crippen LogP contribution in [0.3, 0.4) is 0 Å². The van der Waals surface area contributed by atoms with Gasteiger partial charge in [0.15, 0.2) is 18.3 Å². The molecule has 0 saturated carbocycles. The number of methoxy groups -OCH3 is 1. The highest BCUT2D eigenvalue weighted by Crippen LogP contribution is 2.29. The number of esters is 4. The molecule has 0 aliphatic carbocycles. The van der Waals surface area contributed by atoms with Crippen LogP contribution in [0.1, 0.15) is 34.6 Å². The van der Waals surface area contributed by atoms with E-state index in [-0.39, 0.29) is 5.76 Å². The van der Waals surface area contributed by atoms with Crippen LogP contribution >= 0.6 is 0 Å². The summed E-state index contributed by atoms with van der Waals surface area (Å²) in [6.45, 7) is 5.96. The maximum absolute atomic E-state index is 12.0. The molecule has 11 nitrogen and oxygen atoms in total. The monoisotopic (exact) mass is 429 g/mol. The van der Waals surface area contributed by atoms with Gasteiger partial charge >= 0.3 is 23.9 Å². The first-order chi connectivity index (χ1) is 14.0. The number of hydrogen-bond donors (Lipinski definition) is 1. The maximum atomic E-state index is 12.0. The van der Waals surface area contributed by atoms with E-state index in [4.69, 9.17) is 18.9 Å². The number of amides is 1. The third-order valence-electron chi connectivity index (χ3n) is 4.11. The highest BCUT2D eigenvalue weighted by molar-refractivity contribution is 5.86. The summed E-state index contributed by atoms with van der Waals surface area (Å²) >= 11 is 0. The molecule has 168 valence electrons. The van der Waals surface area contributed by atoms with Crippen LogP contribution in [0, 0.1) is 5.92 Å². The lowest BCUT2D eigenvalue weighted by atomic mass is 9.88. The topological polar surface area (TPSA) is 144 Å². The quantitative estimate of drug-likeness (QED) is 0.414. The van der Waals surface area contributed by atoms with E-state index in [1.807, 2.05) is 0 Å². The largest absolute Gasteiger partial charge is 0.477 e. The molecule has 1 N–H and O–H groups in total. The zero-order valence-corrected chi connectivity index (χ0v) is 17.8. The van der Waals surface area contributed by atoms with Crippen molar-refractivity contribution in [2.24, 2.45) is 5.92 Å². The highest BCUT2D eigenvalue weighted by atomic mass is 16.6. The Bertz CT molecular complexity index is 716. The molecule has 0 unspecified atom stereocenters. The third-order valence-corrected chi connectivity index (χ3v) is 4.11. The number of rotatable bonds is 8. The molecule has 1 amide bonds. The molecular formula is C19H27NO10. The number of carbonyl (C=O) groups is 5. The Kier molecular flexibility index (Phi) is 9.28. The molecule has 1 aliphatic heterocycles. The van der Waals surface area contributed by atoms with Gasteiger partial charge in [0.25, 0.3) is 0 Å². The lowest BCUT2D eigenvalue weighted by Gasteiger charge is -2.41. The van der Waals surface area contributed by atoms with Gasteiger partial charge < -0.3 is 29.0 Å². The minimum absolute atomic E-state index is 0.164. The van der Waals surface area contributed by atoms with Crippen LogP contribution in [0.5, 0.6) is 0 Å². The first kappa shape index (κ1) is 24.9. The van der Waals surface area contributed by atoms with E-state index in [0.717, 1.165) is 27.9 Å². The summed E-state index contributed by atoms with van der Waals surface area (Å²) in [7, 11) is 1.16. The van der Waals surface area contributed by atoms with E-state index in [2.05, 4.69) is 10.1 Å². The molecule has 0 saturated heterocycles. The average Bonchev–Trinajstić information content (AvgIpc) is 2.63. The van der Waals surface area contributed by atoms with Gasteiger partial charge in [0, 0.05) is 33.6 Å². The molecule has 0 fully saturated rings. The van der Waals surface area contributed by atoms with Crippen molar-refractivity contribution in [1.29, 1.82) is 0 Å². The lowest BCUT2D eigenvalue weighted by Crippen LogP contribution is -2.59. The molecule has 0 aromatic heterocycles. The van der Waals surface area contributed by atoms with Gasteiger partial charge in [-0.1, -0.05) is 6.92 Å². The zero-order valence-electron chi connectivity index (χ0n) is 17.8. The predicted octanol–water partition coefficient (Wildman–Crippen LogP) is 0.00940. The van der Waals surface area contributed by atoms with Crippen molar-refractivity contribution < 1.29 is 47.7 Å². The number of nitrogens with one attached hydrogen (secondary N) is 1. The van der Waals surface area contributed by atoms with E-state index in [1.54, 1.807) is 6.92 Å². The second-order valence-corrected chi connectivity index (χ2v) is 6.71. The van der Waals surface area contributed by atoms with Gasteiger partial charge in [-0.2, -0.15) is 0 Å². The van der Waals surface area contributed by atoms with Gasteiger partial charge in [-0.15, -0.1) is 0 Å². The van der Waals surface area contributed by atoms with Crippen molar-refractivity contribution in [2.45, 2.75) is 59.0 Å². The van der Waals surface area contributed by atoms with Crippen molar-refractivity contribution in [2.75, 3.05) is 13.7 Å². The molecule has 0 aromatic rings. The first-order valence-corrected chi connectivity index (χ1v) is 9.17. The Labute approximate surface area is 174 Å². The average molecular weight is 429 g/mol. The Hall–Kier alpha value is -3.11. The molecule has 1 heterocycles. The first-order valence-electron chi connectivity index (χ1n) is 9.17. The van der Waals surface area contributed by atoms with Crippen LogP contribution in [-0.4, -0.2) is 67.9 Å². The summed E-state index contributed by atoms with van der Waals surface area (Å²) < 4.78 is 25.9. The summed E-state index contributed by atoms with van der Waals surface area (Å²) in [6, 6.07) is -0.768. The van der Waals surface area contributed by atoms with Gasteiger partial charge in [0.2, 0.25) is 11.7 Å². The van der Waals surface area contributed by atoms with Crippen LogP contribution < -0.4 is 5.32 Å². The summed E-state index contributed by atoms with van der Waals surface area (Å²) in [5, 5.41) is 2.69. The molecule has 0 aromatic carbocycles. The van der Waals surface area contributed by atoms with Gasteiger partial charge in [-0.05, 0) is 6.08 Å². The minimum atomic E-state index is -1.32. The van der Waals surface area contributed by atoms with E-state index in [9.17, 15) is 24.0 Å². The third kappa shape index (κ3) is 7.37. The second-order valence-electron chi connectivity index (χ2n) is 6.71. The minimum Gasteiger partial charge on any atom is -0.477 e. The Balaban J connectivity index is 3.41. The van der Waals surface area contributed by atoms with Gasteiger partial charge in [0.1, 0.15) is 6.61 Å². The Morgan fingerprint density at radius 2 is 1.63 bits per heavy atom. The smallest absolute Gasteiger partial charge is 0.372 e. The molecule has 5 atom stereocenters. The van der Waals surface area contributed by atoms with Crippen molar-refractivity contribution in [3.63, 3.8) is 0 Å². The van der Waals surface area contributed by atoms with Gasteiger partial charge in [-0.25, -0.2) is 4.79 Å². The van der Waals surface area contributed by atoms with Gasteiger partial charge in [0.05, 0.1) is 13.2 Å². The number of ether oxygens (including phenoxy) is 5. The van der Waals surface area contributed by atoms with Crippen LogP contribution in [0.25, 0.3) is 0 Å². The van der Waals surface area contributed by atoms with Crippen LogP contribution in [0.4, 0.5) is 0 Å². The summed E-state index contributed by atoms with van der Waals surface area (Å²) in [5.74, 6) is -3.92. The van der Waals surface area contributed by atoms with Crippen LogP contribution in [0.15, 0.2) is 11.8 Å². The van der Waals surface area contributed by atoms with Crippen LogP contribution in [0.2, 0.25) is 0 Å². The van der Waals surface area contributed by atoms with E-state index in [1.165, 1.54) is 13.0 Å². The maximum Gasteiger partial charge on any atom is 0.372 e. The van der Waals surface area contributed by atoms with Crippen LogP contribution in [-0.2, 0) is 47.7 Å². The zero-order chi connectivity index (χ0) is 23.0. The molecule has 0 spiro atoms. The van der Waals surface area contributed by atoms with Crippen molar-refractivity contribution in [3.8, 4) is 0 Å². The molecule has 0 bridgehead atoms. The standard InChI is InChI=1S/C19H27NO10/c1-9-7-14(19(25)26-6)30-18(16(9)20-10(2)21)17(29-13(5)24)15(28-12(4)23)8-27-11(3)22/h7,9,15-18H,8H2,1-6H3,(H,20,21)/t9-,15-,16-,17-,18-/m1/s1. The number of hydrogen-bond acceptors (Lipinski definition) is 10. The Morgan fingerprint density at radius 1 is 1.03 bits per heavy atom. The predicted molar refractivity (Wildman–Crippen MR) is 99.5 cm³/mol. The van der Waals surface area contributed by atoms with Crippen molar-refractivity contribution >= 4 is 29.8 Å². The molecule has 1 rings (SSSR count). The summed E-state index contributed by atoms with van der Waals surface area (Å²) in [4.78, 5) is 58.4. The molecular weight excluding hydrogens is 402 g/mol. The molecule has 11 heteroatoms. The lowest BCUT2D eigenvalue weighted by molar-refractivity contribution is -0.188. The fraction of sp³-hybridized carbons (Fsp3) is 0.632. The van der Waals surface area contributed by atoms with Crippen molar-refractivity contribution in [1.82, 2.24) is 5.32 Å². The van der Waals surface area contributed by atoms with E-state index >= 15 is 0 Å². The summed E-state index contributed by atoms with van der Waals surface area (Å²) in [5.41, 5.74) is 0. The normalized spacial score (nSPS) is 22.3. The van der Waals surface area contributed by atoms with Gasteiger partial charge in [-0.3, -0.25) is 19.2 Å². The van der Waals surface area contributed by atoms with E-state index < -0.39 is 66.7 Å². The Morgan fingerprint density at radius 3 is 2.10 bits per heavy atom. The molecule has 30 heavy (non-hydrogen) atoms. The second kappa shape index (κ2) is 11.2. The SMILES string of the molecule is COC(=O)C1=C[C@@H](C)[C@@H](NC(C)=O)[C@H]([C@H](OC(C)=O)[C@@H](COC(C)=O)OC(C)=O)O1. The highest BCUT2D eigenvalue weighted by Gasteiger charge is 2.46. The molecule has 1 aliphatic rings. The number of carbonyl (C=O) groups excluding carboxylic acids is 5. The van der Waals surface area contributed by atoms with E-state index in [0.29, 0.717) is 0 Å². The fourth-order valence-corrected chi connectivity index (χ4v) is 2.99. The fourth-order valence-electron chi connectivity index (χ4n) is 2.99.